The molecule has 2 aliphatic rings. The van der Waals surface area contributed by atoms with Crippen molar-refractivity contribution >= 4 is 29.7 Å². The standard InChI is InChI=1S/C29H30O12/c30-17(5-1-15-2-7-19(31)22(34)11-15)14-40-29(28(38)39)13-24(36)26(37)27-18(29)6-10-25(41-27)21(33)9-4-16-3-8-20(32)23(35)12-16/h1-5,7-9,11-12,18,24-27,31-32,34-37H,6,10,13-14H2,(H,38,39)/b5-1+,9-4+/t18-,24-,25-,26-,27-,29+/m1/s1. The molecule has 2 aromatic carbocycles. The molecule has 2 aromatic rings. The molecular weight excluding hydrogens is 540 g/mol. The number of carboxylic acids is 1. The lowest BCUT2D eigenvalue weighted by molar-refractivity contribution is -0.250. The van der Waals surface area contributed by atoms with Crippen LogP contribution in [0.2, 0.25) is 0 Å². The van der Waals surface area contributed by atoms with Crippen LogP contribution in [0.5, 0.6) is 23.0 Å². The second-order valence-electron chi connectivity index (χ2n) is 10.1. The van der Waals surface area contributed by atoms with Crippen LogP contribution in [-0.4, -0.2) is 89.9 Å². The van der Waals surface area contributed by atoms with Crippen LogP contribution in [0.25, 0.3) is 12.2 Å². The van der Waals surface area contributed by atoms with Gasteiger partial charge in [-0.05, 0) is 60.4 Å². The number of aliphatic carboxylic acids is 1. The van der Waals surface area contributed by atoms with E-state index < -0.39 is 66.5 Å². The second-order valence-corrected chi connectivity index (χ2v) is 10.1. The summed E-state index contributed by atoms with van der Waals surface area (Å²) in [6.07, 6.45) is -0.761. The first-order valence-electron chi connectivity index (χ1n) is 12.8. The smallest absolute Gasteiger partial charge is 0.336 e. The largest absolute Gasteiger partial charge is 0.504 e. The van der Waals surface area contributed by atoms with Crippen molar-refractivity contribution in [1.29, 1.82) is 0 Å². The van der Waals surface area contributed by atoms with Gasteiger partial charge in [-0.2, -0.15) is 0 Å². The zero-order chi connectivity index (χ0) is 29.9. The van der Waals surface area contributed by atoms with Gasteiger partial charge in [-0.1, -0.05) is 24.3 Å². The normalized spacial score (nSPS) is 28.0. The van der Waals surface area contributed by atoms with E-state index >= 15 is 0 Å². The van der Waals surface area contributed by atoms with Crippen LogP contribution < -0.4 is 0 Å². The maximum absolute atomic E-state index is 12.8. The number of aliphatic hydroxyl groups is 2. The minimum absolute atomic E-state index is 0.0712. The van der Waals surface area contributed by atoms with E-state index in [1.54, 1.807) is 0 Å². The number of phenols is 4. The van der Waals surface area contributed by atoms with Crippen LogP contribution in [0, 0.1) is 5.92 Å². The monoisotopic (exact) mass is 570 g/mol. The van der Waals surface area contributed by atoms with E-state index in [4.69, 9.17) is 9.47 Å². The number of benzene rings is 2. The molecule has 6 atom stereocenters. The molecule has 0 amide bonds. The Hall–Kier alpha value is -4.23. The highest BCUT2D eigenvalue weighted by atomic mass is 16.5. The van der Waals surface area contributed by atoms with Crippen LogP contribution in [0.3, 0.4) is 0 Å². The van der Waals surface area contributed by atoms with Gasteiger partial charge in [0.15, 0.2) is 40.2 Å². The fraction of sp³-hybridized carbons (Fsp3) is 0.345. The van der Waals surface area contributed by atoms with Crippen molar-refractivity contribution in [2.45, 2.75) is 49.3 Å². The van der Waals surface area contributed by atoms with Gasteiger partial charge in [0.1, 0.15) is 18.8 Å². The first-order valence-corrected chi connectivity index (χ1v) is 12.8. The van der Waals surface area contributed by atoms with Gasteiger partial charge in [0, 0.05) is 12.3 Å². The minimum Gasteiger partial charge on any atom is -0.504 e. The third-order valence-electron chi connectivity index (χ3n) is 7.35. The number of hydrogen-bond donors (Lipinski definition) is 7. The summed E-state index contributed by atoms with van der Waals surface area (Å²) in [6.45, 7) is -0.677. The van der Waals surface area contributed by atoms with Gasteiger partial charge in [0.25, 0.3) is 0 Å². The van der Waals surface area contributed by atoms with Crippen LogP contribution in [-0.2, 0) is 23.9 Å². The molecule has 218 valence electrons. The summed E-state index contributed by atoms with van der Waals surface area (Å²) in [7, 11) is 0. The fourth-order valence-electron chi connectivity index (χ4n) is 5.16. The number of fused-ring (bicyclic) bond motifs is 1. The molecule has 1 saturated carbocycles. The maximum Gasteiger partial charge on any atom is 0.336 e. The highest BCUT2D eigenvalue weighted by Gasteiger charge is 2.60. The number of aromatic hydroxyl groups is 4. The Kier molecular flexibility index (Phi) is 8.78. The van der Waals surface area contributed by atoms with Crippen molar-refractivity contribution in [3.63, 3.8) is 0 Å². The molecule has 0 radical (unpaired) electrons. The molecule has 0 spiro atoms. The first-order chi connectivity index (χ1) is 19.4. The van der Waals surface area contributed by atoms with Crippen LogP contribution in [0.1, 0.15) is 30.4 Å². The SMILES string of the molecule is O=C(/C=C/c1ccc(O)c(O)c1)CO[C@@]1(C(=O)O)C[C@@H](O)[C@@H](O)[C@@H]2O[C@@H](C(=O)/C=C/c3ccc(O)c(O)c3)CC[C@H]21. The van der Waals surface area contributed by atoms with Gasteiger partial charge >= 0.3 is 5.97 Å². The quantitative estimate of drug-likeness (QED) is 0.169. The molecular formula is C29H30O12. The molecule has 0 unspecified atom stereocenters. The highest BCUT2D eigenvalue weighted by molar-refractivity contribution is 5.97. The number of rotatable bonds is 9. The lowest BCUT2D eigenvalue weighted by Gasteiger charge is -2.51. The van der Waals surface area contributed by atoms with Crippen molar-refractivity contribution in [3.05, 3.63) is 59.7 Å². The predicted molar refractivity (Wildman–Crippen MR) is 142 cm³/mol. The van der Waals surface area contributed by atoms with Crippen molar-refractivity contribution in [1.82, 2.24) is 0 Å². The van der Waals surface area contributed by atoms with Crippen molar-refractivity contribution < 1.29 is 59.6 Å². The number of hydrogen-bond acceptors (Lipinski definition) is 11. The van der Waals surface area contributed by atoms with Crippen molar-refractivity contribution in [2.24, 2.45) is 5.92 Å². The predicted octanol–water partition coefficient (Wildman–Crippen LogP) is 1.50. The van der Waals surface area contributed by atoms with Gasteiger partial charge in [0.05, 0.1) is 12.2 Å². The Labute approximate surface area is 234 Å². The average Bonchev–Trinajstić information content (AvgIpc) is 2.95. The molecule has 41 heavy (non-hydrogen) atoms. The third kappa shape index (κ3) is 6.41. The highest BCUT2D eigenvalue weighted by Crippen LogP contribution is 2.45. The molecule has 7 N–H and O–H groups in total. The molecule has 12 heteroatoms. The molecule has 1 heterocycles. The number of carbonyl (C=O) groups excluding carboxylic acids is 2. The molecule has 4 rings (SSSR count). The molecule has 1 saturated heterocycles. The van der Waals surface area contributed by atoms with E-state index in [1.807, 2.05) is 0 Å². The number of aliphatic hydroxyl groups excluding tert-OH is 2. The maximum atomic E-state index is 12.8. The molecule has 0 aromatic heterocycles. The summed E-state index contributed by atoms with van der Waals surface area (Å²) < 4.78 is 11.5. The first kappa shape index (κ1) is 29.7. The zero-order valence-electron chi connectivity index (χ0n) is 21.7. The van der Waals surface area contributed by atoms with E-state index in [9.17, 15) is 50.1 Å². The summed E-state index contributed by atoms with van der Waals surface area (Å²) in [5, 5.41) is 69.4. The number of ketones is 2. The Morgan fingerprint density at radius 3 is 2.02 bits per heavy atom. The number of ether oxygens (including phenoxy) is 2. The topological polar surface area (TPSA) is 211 Å². The second kappa shape index (κ2) is 12.1. The lowest BCUT2D eigenvalue weighted by Crippen LogP contribution is -2.66. The number of phenolic OH excluding ortho intramolecular Hbond substituents is 4. The van der Waals surface area contributed by atoms with Gasteiger partial charge < -0.3 is 45.2 Å². The Bertz CT molecular complexity index is 1380. The van der Waals surface area contributed by atoms with E-state index in [0.717, 1.165) is 6.08 Å². The lowest BCUT2D eigenvalue weighted by atomic mass is 9.67. The number of carbonyl (C=O) groups is 3. The number of carboxylic acid groups (broad SMARTS) is 1. The summed E-state index contributed by atoms with van der Waals surface area (Å²) in [4.78, 5) is 37.8. The van der Waals surface area contributed by atoms with Gasteiger partial charge in [0.2, 0.25) is 0 Å². The fourth-order valence-corrected chi connectivity index (χ4v) is 5.16. The van der Waals surface area contributed by atoms with Gasteiger partial charge in [-0.25, -0.2) is 4.79 Å². The third-order valence-corrected chi connectivity index (χ3v) is 7.35. The summed E-state index contributed by atoms with van der Waals surface area (Å²) in [5.74, 6) is -4.97. The van der Waals surface area contributed by atoms with Gasteiger partial charge in [-0.3, -0.25) is 9.59 Å². The molecule has 1 aliphatic carbocycles. The summed E-state index contributed by atoms with van der Waals surface area (Å²) in [6, 6.07) is 7.89. The van der Waals surface area contributed by atoms with Gasteiger partial charge in [-0.15, -0.1) is 0 Å². The van der Waals surface area contributed by atoms with Crippen molar-refractivity contribution in [2.75, 3.05) is 6.61 Å². The van der Waals surface area contributed by atoms with E-state index in [-0.39, 0.29) is 35.8 Å². The van der Waals surface area contributed by atoms with E-state index in [0.29, 0.717) is 11.1 Å². The summed E-state index contributed by atoms with van der Waals surface area (Å²) >= 11 is 0. The minimum atomic E-state index is -2.09. The van der Waals surface area contributed by atoms with Crippen molar-refractivity contribution in [3.8, 4) is 23.0 Å². The molecule has 1 aliphatic heterocycles. The molecule has 12 nitrogen and oxygen atoms in total. The Morgan fingerprint density at radius 2 is 1.46 bits per heavy atom. The van der Waals surface area contributed by atoms with E-state index in [1.165, 1.54) is 54.6 Å². The molecule has 0 bridgehead atoms. The zero-order valence-corrected chi connectivity index (χ0v) is 21.7. The van der Waals surface area contributed by atoms with Crippen LogP contribution >= 0.6 is 0 Å². The Balaban J connectivity index is 1.46. The van der Waals surface area contributed by atoms with Crippen LogP contribution in [0.4, 0.5) is 0 Å². The van der Waals surface area contributed by atoms with Crippen LogP contribution in [0.15, 0.2) is 48.6 Å². The average molecular weight is 571 g/mol. The summed E-state index contributed by atoms with van der Waals surface area (Å²) in [5.41, 5.74) is -1.27. The van der Waals surface area contributed by atoms with E-state index in [2.05, 4.69) is 0 Å². The Morgan fingerprint density at radius 1 is 0.878 bits per heavy atom. The molecule has 2 fully saturated rings.